The zero-order chi connectivity index (χ0) is 24.1. The number of nitrogens with one attached hydrogen (secondary N) is 1. The van der Waals surface area contributed by atoms with E-state index in [0.29, 0.717) is 37.2 Å². The average Bonchev–Trinajstić information content (AvgIpc) is 3.05. The molecule has 1 aliphatic rings. The summed E-state index contributed by atoms with van der Waals surface area (Å²) in [7, 11) is 1.52. The minimum absolute atomic E-state index is 0.123. The van der Waals surface area contributed by atoms with E-state index in [4.69, 9.17) is 4.74 Å². The average molecular weight is 467 g/mol. The summed E-state index contributed by atoms with van der Waals surface area (Å²) in [6.45, 7) is 4.87. The van der Waals surface area contributed by atoms with Crippen molar-refractivity contribution in [2.45, 2.75) is 45.7 Å². The molecule has 1 aromatic carbocycles. The van der Waals surface area contributed by atoms with Gasteiger partial charge in [0.1, 0.15) is 17.2 Å². The van der Waals surface area contributed by atoms with Crippen molar-refractivity contribution in [1.82, 2.24) is 25.0 Å². The summed E-state index contributed by atoms with van der Waals surface area (Å²) in [6, 6.07) is 0.989. The number of ether oxygens (including phenoxy) is 1. The fourth-order valence-corrected chi connectivity index (χ4v) is 3.85. The third-order valence-electron chi connectivity index (χ3n) is 5.49. The van der Waals surface area contributed by atoms with Crippen LogP contribution in [0.5, 0.6) is 0 Å². The predicted octanol–water partition coefficient (Wildman–Crippen LogP) is 2.63. The number of carbonyl (C=O) groups is 2. The first kappa shape index (κ1) is 24.7. The Balaban J connectivity index is 1.80. The second-order valence-corrected chi connectivity index (χ2v) is 8.38. The van der Waals surface area contributed by atoms with Gasteiger partial charge >= 0.3 is 0 Å². The Kier molecular flexibility index (Phi) is 8.06. The molecule has 2 aromatic rings. The van der Waals surface area contributed by atoms with E-state index in [1.54, 1.807) is 0 Å². The van der Waals surface area contributed by atoms with E-state index in [1.807, 2.05) is 18.4 Å². The lowest BCUT2D eigenvalue weighted by molar-refractivity contribution is -0.122. The van der Waals surface area contributed by atoms with E-state index in [-0.39, 0.29) is 37.9 Å². The molecule has 11 heteroatoms. The number of amides is 2. The van der Waals surface area contributed by atoms with Gasteiger partial charge in [0.15, 0.2) is 17.5 Å². The number of hydrogen-bond acceptors (Lipinski definition) is 5. The van der Waals surface area contributed by atoms with Gasteiger partial charge in [0.25, 0.3) is 5.91 Å². The van der Waals surface area contributed by atoms with Crippen LogP contribution in [0.2, 0.25) is 0 Å². The molecule has 180 valence electrons. The third-order valence-corrected chi connectivity index (χ3v) is 5.49. The van der Waals surface area contributed by atoms with Crippen molar-refractivity contribution in [2.75, 3.05) is 26.8 Å². The van der Waals surface area contributed by atoms with E-state index in [9.17, 15) is 22.8 Å². The predicted molar refractivity (Wildman–Crippen MR) is 113 cm³/mol. The smallest absolute Gasteiger partial charge is 0.260 e. The molecular weight excluding hydrogens is 439 g/mol. The highest BCUT2D eigenvalue weighted by molar-refractivity contribution is 5.94. The summed E-state index contributed by atoms with van der Waals surface area (Å²) in [6.07, 6.45) is 1.13. The van der Waals surface area contributed by atoms with Crippen LogP contribution in [0.25, 0.3) is 0 Å². The largest absolute Gasteiger partial charge is 0.384 e. The fraction of sp³-hybridized carbons (Fsp3) is 0.545. The molecule has 1 N–H and O–H groups in total. The van der Waals surface area contributed by atoms with Crippen molar-refractivity contribution < 1.29 is 27.5 Å². The maximum absolute atomic E-state index is 14.1. The van der Waals surface area contributed by atoms with Gasteiger partial charge < -0.3 is 19.5 Å². The van der Waals surface area contributed by atoms with Crippen molar-refractivity contribution in [1.29, 1.82) is 0 Å². The summed E-state index contributed by atoms with van der Waals surface area (Å²) in [4.78, 5) is 26.4. The molecule has 0 bridgehead atoms. The standard InChI is InChI=1S/C22H28F3N5O3/c1-13(2)12-16(26-18(31)7-11-33-3)21-28-27-17-6-8-29(9-10-30(17)21)22(32)19-14(23)4-5-15(24)20(19)25/h4-5,13,16H,6-12H2,1-3H3,(H,26,31)/t16-/m0/s1. The normalized spacial score (nSPS) is 14.7. The number of hydrogen-bond donors (Lipinski definition) is 1. The van der Waals surface area contributed by atoms with E-state index in [1.165, 1.54) is 12.0 Å². The number of halogens is 3. The van der Waals surface area contributed by atoms with Crippen LogP contribution in [0.3, 0.4) is 0 Å². The number of rotatable bonds is 8. The Morgan fingerprint density at radius 1 is 1.12 bits per heavy atom. The van der Waals surface area contributed by atoms with Crippen LogP contribution in [-0.2, 0) is 22.5 Å². The second kappa shape index (κ2) is 10.8. The van der Waals surface area contributed by atoms with Crippen LogP contribution in [0.15, 0.2) is 12.1 Å². The molecule has 0 saturated carbocycles. The SMILES string of the molecule is COCCC(=O)N[C@@H](CC(C)C)c1nnc2n1CCN(C(=O)c1c(F)ccc(F)c1F)CC2. The monoisotopic (exact) mass is 467 g/mol. The molecule has 2 amide bonds. The van der Waals surface area contributed by atoms with Crippen LogP contribution >= 0.6 is 0 Å². The highest BCUT2D eigenvalue weighted by atomic mass is 19.2. The van der Waals surface area contributed by atoms with Crippen molar-refractivity contribution in [3.05, 3.63) is 46.8 Å². The van der Waals surface area contributed by atoms with Gasteiger partial charge in [0, 0.05) is 39.6 Å². The first-order valence-corrected chi connectivity index (χ1v) is 10.9. The van der Waals surface area contributed by atoms with Crippen LogP contribution in [-0.4, -0.2) is 58.3 Å². The molecule has 0 aliphatic carbocycles. The first-order valence-electron chi connectivity index (χ1n) is 10.9. The van der Waals surface area contributed by atoms with Gasteiger partial charge in [0.05, 0.1) is 12.6 Å². The first-order chi connectivity index (χ1) is 15.7. The Bertz CT molecular complexity index is 1010. The van der Waals surface area contributed by atoms with Gasteiger partial charge in [-0.1, -0.05) is 13.8 Å². The molecule has 1 atom stereocenters. The lowest BCUT2D eigenvalue weighted by Crippen LogP contribution is -2.36. The Morgan fingerprint density at radius 3 is 2.55 bits per heavy atom. The molecule has 3 rings (SSSR count). The van der Waals surface area contributed by atoms with E-state index < -0.39 is 35.0 Å². The van der Waals surface area contributed by atoms with Crippen LogP contribution in [0, 0.1) is 23.4 Å². The van der Waals surface area contributed by atoms with E-state index >= 15 is 0 Å². The number of methoxy groups -OCH3 is 1. The highest BCUT2D eigenvalue weighted by Crippen LogP contribution is 2.24. The number of nitrogens with zero attached hydrogens (tertiary/aromatic N) is 4. The third kappa shape index (κ3) is 5.70. The zero-order valence-electron chi connectivity index (χ0n) is 18.9. The molecular formula is C22H28F3N5O3. The zero-order valence-corrected chi connectivity index (χ0v) is 18.9. The van der Waals surface area contributed by atoms with Crippen LogP contribution in [0.4, 0.5) is 13.2 Å². The lowest BCUT2D eigenvalue weighted by Gasteiger charge is -2.22. The summed E-state index contributed by atoms with van der Waals surface area (Å²) in [5, 5.41) is 11.5. The van der Waals surface area contributed by atoms with Gasteiger partial charge in [-0.2, -0.15) is 0 Å². The number of fused-ring (bicyclic) bond motifs is 1. The Morgan fingerprint density at radius 2 is 1.85 bits per heavy atom. The number of carbonyl (C=O) groups excluding carboxylic acids is 2. The van der Waals surface area contributed by atoms with Crippen molar-refractivity contribution in [3.8, 4) is 0 Å². The summed E-state index contributed by atoms with van der Waals surface area (Å²) in [5.41, 5.74) is -0.907. The second-order valence-electron chi connectivity index (χ2n) is 8.38. The molecule has 0 saturated heterocycles. The van der Waals surface area contributed by atoms with E-state index in [0.717, 1.165) is 6.07 Å². The molecule has 0 fully saturated rings. The van der Waals surface area contributed by atoms with Gasteiger partial charge in [-0.3, -0.25) is 9.59 Å². The molecule has 1 aromatic heterocycles. The summed E-state index contributed by atoms with van der Waals surface area (Å²) in [5.74, 6) is -3.58. The van der Waals surface area contributed by atoms with Gasteiger partial charge in [-0.05, 0) is 24.5 Å². The Labute approximate surface area is 190 Å². The number of aromatic nitrogens is 3. The van der Waals surface area contributed by atoms with Crippen LogP contribution < -0.4 is 5.32 Å². The van der Waals surface area contributed by atoms with Gasteiger partial charge in [-0.25, -0.2) is 13.2 Å². The molecule has 0 unspecified atom stereocenters. The lowest BCUT2D eigenvalue weighted by atomic mass is 10.0. The minimum Gasteiger partial charge on any atom is -0.384 e. The van der Waals surface area contributed by atoms with Gasteiger partial charge in [0.2, 0.25) is 5.91 Å². The van der Waals surface area contributed by atoms with Gasteiger partial charge in [-0.15, -0.1) is 10.2 Å². The summed E-state index contributed by atoms with van der Waals surface area (Å²) >= 11 is 0. The topological polar surface area (TPSA) is 89.3 Å². The van der Waals surface area contributed by atoms with Crippen LogP contribution in [0.1, 0.15) is 54.7 Å². The van der Waals surface area contributed by atoms with E-state index in [2.05, 4.69) is 15.5 Å². The molecule has 1 aliphatic heterocycles. The van der Waals surface area contributed by atoms with Crippen molar-refractivity contribution in [3.63, 3.8) is 0 Å². The number of benzene rings is 1. The maximum Gasteiger partial charge on any atom is 0.260 e. The molecule has 33 heavy (non-hydrogen) atoms. The maximum atomic E-state index is 14.1. The molecule has 0 spiro atoms. The molecule has 2 heterocycles. The molecule has 0 radical (unpaired) electrons. The molecule has 8 nitrogen and oxygen atoms in total. The summed E-state index contributed by atoms with van der Waals surface area (Å²) < 4.78 is 48.6. The quantitative estimate of drug-likeness (QED) is 0.603. The highest BCUT2D eigenvalue weighted by Gasteiger charge is 2.30. The Hall–Kier alpha value is -2.95. The van der Waals surface area contributed by atoms with Crippen molar-refractivity contribution in [2.24, 2.45) is 5.92 Å². The fourth-order valence-electron chi connectivity index (χ4n) is 3.85. The minimum atomic E-state index is -1.50. The van der Waals surface area contributed by atoms with Crippen molar-refractivity contribution >= 4 is 11.8 Å².